The average Bonchev–Trinajstić information content (AvgIpc) is 3.28. The highest BCUT2D eigenvalue weighted by Gasteiger charge is 2.46. The van der Waals surface area contributed by atoms with Gasteiger partial charge >= 0.3 is 0 Å². The first-order chi connectivity index (χ1) is 12.7. The van der Waals surface area contributed by atoms with Crippen LogP contribution in [-0.2, 0) is 4.79 Å². The van der Waals surface area contributed by atoms with Crippen LogP contribution < -0.4 is 10.2 Å². The van der Waals surface area contributed by atoms with Gasteiger partial charge < -0.3 is 10.2 Å². The second kappa shape index (κ2) is 6.06. The SMILES string of the molecule is O=C1NC2(CCN(c3ncnc4sccc34)CC2)CC1c1ccccc1. The third-order valence-corrected chi connectivity index (χ3v) is 6.58. The Kier molecular flexibility index (Phi) is 3.67. The molecule has 3 aromatic rings. The largest absolute Gasteiger partial charge is 0.356 e. The zero-order chi connectivity index (χ0) is 17.6. The Morgan fingerprint density at radius 2 is 1.92 bits per heavy atom. The number of amides is 1. The van der Waals surface area contributed by atoms with Crippen molar-refractivity contribution in [2.75, 3.05) is 18.0 Å². The van der Waals surface area contributed by atoms with Gasteiger partial charge in [-0.15, -0.1) is 11.3 Å². The molecule has 0 radical (unpaired) electrons. The molecule has 1 atom stereocenters. The van der Waals surface area contributed by atoms with Crippen molar-refractivity contribution >= 4 is 33.3 Å². The summed E-state index contributed by atoms with van der Waals surface area (Å²) < 4.78 is 0. The van der Waals surface area contributed by atoms with Gasteiger partial charge in [-0.05, 0) is 36.3 Å². The Balaban J connectivity index is 1.34. The van der Waals surface area contributed by atoms with E-state index in [1.54, 1.807) is 17.7 Å². The number of carbonyl (C=O) groups excluding carboxylic acids is 1. The number of rotatable bonds is 2. The molecule has 5 rings (SSSR count). The number of thiophene rings is 1. The summed E-state index contributed by atoms with van der Waals surface area (Å²) in [6.45, 7) is 1.81. The number of hydrogen-bond acceptors (Lipinski definition) is 5. The number of nitrogens with zero attached hydrogens (tertiary/aromatic N) is 3. The van der Waals surface area contributed by atoms with Crippen molar-refractivity contribution in [2.45, 2.75) is 30.7 Å². The van der Waals surface area contributed by atoms with Gasteiger partial charge in [0.25, 0.3) is 0 Å². The molecule has 5 nitrogen and oxygen atoms in total. The molecule has 4 heterocycles. The van der Waals surface area contributed by atoms with Gasteiger partial charge in [0, 0.05) is 18.6 Å². The minimum absolute atomic E-state index is 0.0228. The van der Waals surface area contributed by atoms with Gasteiger partial charge in [-0.3, -0.25) is 4.79 Å². The second-order valence-electron chi connectivity index (χ2n) is 7.26. The highest BCUT2D eigenvalue weighted by Crippen LogP contribution is 2.40. The van der Waals surface area contributed by atoms with E-state index in [0.29, 0.717) is 0 Å². The molecule has 1 spiro atoms. The number of hydrogen-bond donors (Lipinski definition) is 1. The second-order valence-corrected chi connectivity index (χ2v) is 8.16. The number of piperidine rings is 1. The maximum atomic E-state index is 12.6. The average molecular weight is 364 g/mol. The van der Waals surface area contributed by atoms with Gasteiger partial charge in [0.1, 0.15) is 17.0 Å². The van der Waals surface area contributed by atoms with Crippen LogP contribution in [0.4, 0.5) is 5.82 Å². The lowest BCUT2D eigenvalue weighted by molar-refractivity contribution is -0.121. The minimum atomic E-state index is -0.0745. The van der Waals surface area contributed by atoms with Crippen LogP contribution in [0.25, 0.3) is 10.2 Å². The van der Waals surface area contributed by atoms with Crippen LogP contribution >= 0.6 is 11.3 Å². The summed E-state index contributed by atoms with van der Waals surface area (Å²) in [5.74, 6) is 1.17. The molecule has 2 aromatic heterocycles. The van der Waals surface area contributed by atoms with Crippen LogP contribution in [0.3, 0.4) is 0 Å². The monoisotopic (exact) mass is 364 g/mol. The smallest absolute Gasteiger partial charge is 0.228 e. The van der Waals surface area contributed by atoms with Crippen LogP contribution in [0, 0.1) is 0 Å². The molecule has 1 amide bonds. The first-order valence-electron chi connectivity index (χ1n) is 9.04. The fraction of sp³-hybridized carbons (Fsp3) is 0.350. The van der Waals surface area contributed by atoms with E-state index in [9.17, 15) is 4.79 Å². The summed E-state index contributed by atoms with van der Waals surface area (Å²) in [6, 6.07) is 12.2. The van der Waals surface area contributed by atoms with Gasteiger partial charge in [-0.1, -0.05) is 30.3 Å². The van der Waals surface area contributed by atoms with Crippen LogP contribution in [0.15, 0.2) is 48.1 Å². The van der Waals surface area contributed by atoms with Gasteiger partial charge in [-0.25, -0.2) is 9.97 Å². The van der Waals surface area contributed by atoms with Crippen molar-refractivity contribution in [1.82, 2.24) is 15.3 Å². The van der Waals surface area contributed by atoms with E-state index in [0.717, 1.165) is 53.9 Å². The van der Waals surface area contributed by atoms with E-state index in [1.165, 1.54) is 0 Å². The van der Waals surface area contributed by atoms with Crippen molar-refractivity contribution in [1.29, 1.82) is 0 Å². The Morgan fingerprint density at radius 3 is 2.73 bits per heavy atom. The number of anilines is 1. The van der Waals surface area contributed by atoms with Gasteiger partial charge in [-0.2, -0.15) is 0 Å². The van der Waals surface area contributed by atoms with E-state index in [-0.39, 0.29) is 17.4 Å². The summed E-state index contributed by atoms with van der Waals surface area (Å²) >= 11 is 1.65. The van der Waals surface area contributed by atoms with Crippen LogP contribution in [0.5, 0.6) is 0 Å². The number of aromatic nitrogens is 2. The predicted octanol–water partition coefficient (Wildman–Crippen LogP) is 3.33. The van der Waals surface area contributed by atoms with Gasteiger partial charge in [0.15, 0.2) is 0 Å². The van der Waals surface area contributed by atoms with Gasteiger partial charge in [0.05, 0.1) is 11.3 Å². The molecule has 132 valence electrons. The maximum absolute atomic E-state index is 12.6. The highest BCUT2D eigenvalue weighted by molar-refractivity contribution is 7.16. The van der Waals surface area contributed by atoms with Crippen LogP contribution in [0.2, 0.25) is 0 Å². The van der Waals surface area contributed by atoms with Crippen LogP contribution in [0.1, 0.15) is 30.7 Å². The lowest BCUT2D eigenvalue weighted by Gasteiger charge is -2.40. The van der Waals surface area contributed by atoms with E-state index in [4.69, 9.17) is 0 Å². The lowest BCUT2D eigenvalue weighted by Crippen LogP contribution is -2.51. The summed E-state index contributed by atoms with van der Waals surface area (Å²) in [5.41, 5.74) is 1.05. The molecular formula is C20H20N4OS. The van der Waals surface area contributed by atoms with E-state index in [2.05, 4.69) is 43.8 Å². The fourth-order valence-electron chi connectivity index (χ4n) is 4.34. The standard InChI is InChI=1S/C20H20N4OS/c25-18-16(14-4-2-1-3-5-14)12-20(23-18)7-9-24(10-8-20)17-15-6-11-26-19(15)22-13-21-17/h1-6,11,13,16H,7-10,12H2,(H,23,25). The summed E-state index contributed by atoms with van der Waals surface area (Å²) in [6.07, 6.45) is 4.46. The highest BCUT2D eigenvalue weighted by atomic mass is 32.1. The minimum Gasteiger partial charge on any atom is -0.356 e. The van der Waals surface area contributed by atoms with Crippen molar-refractivity contribution in [2.24, 2.45) is 0 Å². The number of fused-ring (bicyclic) bond motifs is 1. The van der Waals surface area contributed by atoms with Crippen molar-refractivity contribution in [3.8, 4) is 0 Å². The van der Waals surface area contributed by atoms with Crippen molar-refractivity contribution in [3.63, 3.8) is 0 Å². The molecule has 2 saturated heterocycles. The molecule has 26 heavy (non-hydrogen) atoms. The summed E-state index contributed by atoms with van der Waals surface area (Å²) in [5, 5.41) is 6.52. The molecule has 0 saturated carbocycles. The lowest BCUT2D eigenvalue weighted by atomic mass is 9.82. The number of nitrogens with one attached hydrogen (secondary N) is 1. The third kappa shape index (κ3) is 2.56. The fourth-order valence-corrected chi connectivity index (χ4v) is 5.07. The first kappa shape index (κ1) is 15.8. The molecule has 0 aliphatic carbocycles. The zero-order valence-electron chi connectivity index (χ0n) is 14.4. The Morgan fingerprint density at radius 1 is 1.12 bits per heavy atom. The predicted molar refractivity (Wildman–Crippen MR) is 104 cm³/mol. The number of benzene rings is 1. The first-order valence-corrected chi connectivity index (χ1v) is 9.92. The molecule has 2 aliphatic heterocycles. The summed E-state index contributed by atoms with van der Waals surface area (Å²) in [4.78, 5) is 24.8. The molecule has 6 heteroatoms. The molecule has 2 fully saturated rings. The normalized spacial score (nSPS) is 22.1. The third-order valence-electron chi connectivity index (χ3n) is 5.76. The van der Waals surface area contributed by atoms with Gasteiger partial charge in [0.2, 0.25) is 5.91 Å². The molecule has 1 aromatic carbocycles. The Labute approximate surface area is 156 Å². The molecule has 2 aliphatic rings. The maximum Gasteiger partial charge on any atom is 0.228 e. The Bertz CT molecular complexity index is 947. The topological polar surface area (TPSA) is 58.1 Å². The van der Waals surface area contributed by atoms with E-state index < -0.39 is 0 Å². The van der Waals surface area contributed by atoms with Crippen molar-refractivity contribution < 1.29 is 4.79 Å². The van der Waals surface area contributed by atoms with Crippen molar-refractivity contribution in [3.05, 3.63) is 53.7 Å². The molecule has 0 bridgehead atoms. The van der Waals surface area contributed by atoms with E-state index in [1.807, 2.05) is 18.2 Å². The molecular weight excluding hydrogens is 344 g/mol. The summed E-state index contributed by atoms with van der Waals surface area (Å²) in [7, 11) is 0. The molecule has 1 unspecified atom stereocenters. The zero-order valence-corrected chi connectivity index (χ0v) is 15.2. The number of carbonyl (C=O) groups is 1. The quantitative estimate of drug-likeness (QED) is 0.758. The Hall–Kier alpha value is -2.47. The van der Waals surface area contributed by atoms with E-state index >= 15 is 0 Å². The van der Waals surface area contributed by atoms with Crippen LogP contribution in [-0.4, -0.2) is 34.5 Å². The molecule has 1 N–H and O–H groups in total.